The molecule has 0 spiro atoms. The van der Waals surface area contributed by atoms with E-state index in [9.17, 15) is 4.79 Å². The van der Waals surface area contributed by atoms with Crippen molar-refractivity contribution in [2.24, 2.45) is 11.1 Å². The zero-order valence-electron chi connectivity index (χ0n) is 10.3. The Kier molecular flexibility index (Phi) is 4.59. The van der Waals surface area contributed by atoms with Gasteiger partial charge >= 0.3 is 0 Å². The molecule has 17 heavy (non-hydrogen) atoms. The zero-order chi connectivity index (χ0) is 13.2. The number of halogens is 2. The predicted molar refractivity (Wildman–Crippen MR) is 72.6 cm³/mol. The first-order valence-electron chi connectivity index (χ1n) is 5.45. The lowest BCUT2D eigenvalue weighted by Crippen LogP contribution is -2.40. The largest absolute Gasteiger partial charge is 0.321 e. The van der Waals surface area contributed by atoms with E-state index in [1.165, 1.54) is 0 Å². The smallest absolute Gasteiger partial charge is 0.155 e. The molecular formula is C13H17Cl2NO. The number of benzene rings is 1. The standard InChI is InChI=1S/C13H17Cl2NO/c1-13(2,3)12(17)11(16)6-8-4-5-9(14)7-10(8)15/h4-5,7,11H,6,16H2,1-3H3/t11-/m1/s1. The van der Waals surface area contributed by atoms with Gasteiger partial charge in [0.1, 0.15) is 0 Å². The fraction of sp³-hybridized carbons (Fsp3) is 0.462. The van der Waals surface area contributed by atoms with Crippen LogP contribution >= 0.6 is 23.2 Å². The van der Waals surface area contributed by atoms with Crippen LogP contribution < -0.4 is 5.73 Å². The molecule has 2 N–H and O–H groups in total. The summed E-state index contributed by atoms with van der Waals surface area (Å²) in [7, 11) is 0. The maximum absolute atomic E-state index is 12.0. The van der Waals surface area contributed by atoms with E-state index in [4.69, 9.17) is 28.9 Å². The van der Waals surface area contributed by atoms with Crippen LogP contribution in [0.25, 0.3) is 0 Å². The molecule has 0 saturated carbocycles. The van der Waals surface area contributed by atoms with Gasteiger partial charge in [0.2, 0.25) is 0 Å². The molecule has 0 aromatic heterocycles. The predicted octanol–water partition coefficient (Wildman–Crippen LogP) is 3.48. The van der Waals surface area contributed by atoms with Gasteiger partial charge in [-0.2, -0.15) is 0 Å². The van der Waals surface area contributed by atoms with Crippen molar-refractivity contribution in [3.63, 3.8) is 0 Å². The van der Waals surface area contributed by atoms with Crippen LogP contribution in [-0.4, -0.2) is 11.8 Å². The summed E-state index contributed by atoms with van der Waals surface area (Å²) in [5.41, 5.74) is 6.32. The number of rotatable bonds is 3. The third-order valence-electron chi connectivity index (χ3n) is 2.53. The molecule has 0 radical (unpaired) electrons. The van der Waals surface area contributed by atoms with Crippen molar-refractivity contribution in [3.05, 3.63) is 33.8 Å². The minimum Gasteiger partial charge on any atom is -0.321 e. The SMILES string of the molecule is CC(C)(C)C(=O)[C@H](N)Cc1ccc(Cl)cc1Cl. The molecule has 2 nitrogen and oxygen atoms in total. The first-order valence-corrected chi connectivity index (χ1v) is 6.21. The molecule has 1 aromatic rings. The van der Waals surface area contributed by atoms with E-state index in [1.54, 1.807) is 18.2 Å². The maximum atomic E-state index is 12.0. The summed E-state index contributed by atoms with van der Waals surface area (Å²) >= 11 is 11.8. The molecular weight excluding hydrogens is 257 g/mol. The number of hydrogen-bond acceptors (Lipinski definition) is 2. The van der Waals surface area contributed by atoms with Gasteiger partial charge in [0.25, 0.3) is 0 Å². The van der Waals surface area contributed by atoms with Crippen LogP contribution in [0.5, 0.6) is 0 Å². The highest BCUT2D eigenvalue weighted by atomic mass is 35.5. The minimum atomic E-state index is -0.534. The lowest BCUT2D eigenvalue weighted by atomic mass is 9.85. The van der Waals surface area contributed by atoms with Gasteiger partial charge in [-0.05, 0) is 24.1 Å². The molecule has 0 aliphatic heterocycles. The van der Waals surface area contributed by atoms with Crippen LogP contribution in [-0.2, 0) is 11.2 Å². The summed E-state index contributed by atoms with van der Waals surface area (Å²) in [4.78, 5) is 12.0. The van der Waals surface area contributed by atoms with Crippen molar-refractivity contribution in [1.82, 2.24) is 0 Å². The molecule has 1 aromatic carbocycles. The van der Waals surface area contributed by atoms with Gasteiger partial charge in [0.05, 0.1) is 6.04 Å². The highest BCUT2D eigenvalue weighted by molar-refractivity contribution is 6.35. The number of Topliss-reactive ketones (excluding diaryl/α,β-unsaturated/α-hetero) is 1. The Hall–Kier alpha value is -0.570. The molecule has 0 heterocycles. The van der Waals surface area contributed by atoms with Crippen LogP contribution in [0.2, 0.25) is 10.0 Å². The highest BCUT2D eigenvalue weighted by Gasteiger charge is 2.27. The minimum absolute atomic E-state index is 0.0310. The van der Waals surface area contributed by atoms with Crippen LogP contribution in [0.15, 0.2) is 18.2 Å². The Morgan fingerprint density at radius 2 is 1.94 bits per heavy atom. The second-order valence-corrected chi connectivity index (χ2v) is 6.00. The summed E-state index contributed by atoms with van der Waals surface area (Å²) in [6.45, 7) is 5.58. The van der Waals surface area contributed by atoms with E-state index in [0.717, 1.165) is 5.56 Å². The molecule has 1 rings (SSSR count). The lowest BCUT2D eigenvalue weighted by Gasteiger charge is -2.22. The van der Waals surface area contributed by atoms with Gasteiger partial charge in [-0.1, -0.05) is 50.0 Å². The van der Waals surface area contributed by atoms with Crippen molar-refractivity contribution < 1.29 is 4.79 Å². The van der Waals surface area contributed by atoms with Gasteiger partial charge in [-0.25, -0.2) is 0 Å². The molecule has 0 fully saturated rings. The number of carbonyl (C=O) groups excluding carboxylic acids is 1. The number of nitrogens with two attached hydrogens (primary N) is 1. The number of ketones is 1. The molecule has 0 amide bonds. The normalized spacial score (nSPS) is 13.5. The van der Waals surface area contributed by atoms with Crippen molar-refractivity contribution in [2.75, 3.05) is 0 Å². The van der Waals surface area contributed by atoms with E-state index in [1.807, 2.05) is 20.8 Å². The van der Waals surface area contributed by atoms with Crippen LogP contribution in [0, 0.1) is 5.41 Å². The average molecular weight is 274 g/mol. The zero-order valence-corrected chi connectivity index (χ0v) is 11.8. The van der Waals surface area contributed by atoms with Crippen molar-refractivity contribution in [2.45, 2.75) is 33.2 Å². The van der Waals surface area contributed by atoms with E-state index in [-0.39, 0.29) is 5.78 Å². The van der Waals surface area contributed by atoms with Gasteiger partial charge in [-0.3, -0.25) is 4.79 Å². The molecule has 0 aliphatic rings. The van der Waals surface area contributed by atoms with Gasteiger partial charge in [-0.15, -0.1) is 0 Å². The molecule has 1 atom stereocenters. The molecule has 94 valence electrons. The summed E-state index contributed by atoms with van der Waals surface area (Å²) < 4.78 is 0. The summed E-state index contributed by atoms with van der Waals surface area (Å²) in [6, 6.07) is 4.68. The molecule has 0 bridgehead atoms. The van der Waals surface area contributed by atoms with E-state index in [0.29, 0.717) is 16.5 Å². The Bertz CT molecular complexity index is 424. The first-order chi connectivity index (χ1) is 7.71. The fourth-order valence-corrected chi connectivity index (χ4v) is 2.06. The number of carbonyl (C=O) groups is 1. The Balaban J connectivity index is 2.81. The quantitative estimate of drug-likeness (QED) is 0.917. The van der Waals surface area contributed by atoms with Crippen LogP contribution in [0.4, 0.5) is 0 Å². The van der Waals surface area contributed by atoms with Crippen LogP contribution in [0.1, 0.15) is 26.3 Å². The summed E-state index contributed by atoms with van der Waals surface area (Å²) in [6.07, 6.45) is 0.437. The van der Waals surface area contributed by atoms with Gasteiger partial charge in [0.15, 0.2) is 5.78 Å². The highest BCUT2D eigenvalue weighted by Crippen LogP contribution is 2.24. The lowest BCUT2D eigenvalue weighted by molar-refractivity contribution is -0.127. The third kappa shape index (κ3) is 3.98. The molecule has 0 saturated heterocycles. The average Bonchev–Trinajstić information content (AvgIpc) is 2.19. The monoisotopic (exact) mass is 273 g/mol. The first kappa shape index (κ1) is 14.5. The second-order valence-electron chi connectivity index (χ2n) is 5.16. The Labute approximate surface area is 112 Å². The molecule has 4 heteroatoms. The topological polar surface area (TPSA) is 43.1 Å². The van der Waals surface area contributed by atoms with E-state index in [2.05, 4.69) is 0 Å². The summed E-state index contributed by atoms with van der Waals surface area (Å²) in [5, 5.41) is 1.13. The van der Waals surface area contributed by atoms with Gasteiger partial charge in [0, 0.05) is 15.5 Å². The van der Waals surface area contributed by atoms with Gasteiger partial charge < -0.3 is 5.73 Å². The van der Waals surface area contributed by atoms with Crippen LogP contribution in [0.3, 0.4) is 0 Å². The third-order valence-corrected chi connectivity index (χ3v) is 3.12. The Morgan fingerprint density at radius 3 is 2.41 bits per heavy atom. The second kappa shape index (κ2) is 5.38. The maximum Gasteiger partial charge on any atom is 0.155 e. The van der Waals surface area contributed by atoms with Crippen molar-refractivity contribution >= 4 is 29.0 Å². The summed E-state index contributed by atoms with van der Waals surface area (Å²) in [5.74, 6) is 0.0310. The number of hydrogen-bond donors (Lipinski definition) is 1. The van der Waals surface area contributed by atoms with E-state index >= 15 is 0 Å². The van der Waals surface area contributed by atoms with Crippen molar-refractivity contribution in [3.8, 4) is 0 Å². The van der Waals surface area contributed by atoms with Crippen molar-refractivity contribution in [1.29, 1.82) is 0 Å². The van der Waals surface area contributed by atoms with E-state index < -0.39 is 11.5 Å². The Morgan fingerprint density at radius 1 is 1.35 bits per heavy atom. The molecule has 0 aliphatic carbocycles. The fourth-order valence-electron chi connectivity index (χ4n) is 1.57. The molecule has 0 unspecified atom stereocenters.